The summed E-state index contributed by atoms with van der Waals surface area (Å²) >= 11 is 0. The number of rotatable bonds is 2. The van der Waals surface area contributed by atoms with Gasteiger partial charge in [-0.25, -0.2) is 4.79 Å². The van der Waals surface area contributed by atoms with Gasteiger partial charge in [0, 0.05) is 0 Å². The minimum absolute atomic E-state index is 0. The van der Waals surface area contributed by atoms with E-state index in [1.165, 1.54) is 0 Å². The molecule has 1 aromatic carbocycles. The van der Waals surface area contributed by atoms with Crippen molar-refractivity contribution in [2.75, 3.05) is 0 Å². The Bertz CT molecular complexity index is 418. The molecule has 2 aromatic rings. The molecule has 1 heterocycles. The third-order valence-corrected chi connectivity index (χ3v) is 1.81. The Morgan fingerprint density at radius 2 is 1.59 bits per heavy atom. The van der Waals surface area contributed by atoms with Crippen molar-refractivity contribution in [2.24, 2.45) is 0 Å². The van der Waals surface area contributed by atoms with Gasteiger partial charge in [0.1, 0.15) is 0 Å². The monoisotopic (exact) mass is 240 g/mol. The van der Waals surface area contributed by atoms with Gasteiger partial charge < -0.3 is 9.52 Å². The van der Waals surface area contributed by atoms with Gasteiger partial charge in [-0.3, -0.25) is 0 Å². The smallest absolute Gasteiger partial charge is 0.0902 e. The first-order valence-electron chi connectivity index (χ1n) is 4.66. The zero-order valence-corrected chi connectivity index (χ0v) is 8.67. The number of carbonyl (C=O) groups is 1. The average molecular weight is 240 g/mol. The Balaban J connectivity index is 0.000000360. The Morgan fingerprint density at radius 1 is 1.06 bits per heavy atom. The van der Waals surface area contributed by atoms with E-state index in [-0.39, 0.29) is 35.1 Å². The van der Waals surface area contributed by atoms with Crippen molar-refractivity contribution in [3.05, 3.63) is 67.1 Å². The van der Waals surface area contributed by atoms with Gasteiger partial charge in [0.2, 0.25) is 0 Å². The SMILES string of the molecule is C=C(C(=O)O)c1ccccc1.[NaH].c1ccoc1. The average Bonchev–Trinajstić information content (AvgIpc) is 2.88. The predicted molar refractivity (Wildman–Crippen MR) is 69.0 cm³/mol. The minimum atomic E-state index is -0.976. The van der Waals surface area contributed by atoms with Crippen molar-refractivity contribution in [1.29, 1.82) is 0 Å². The van der Waals surface area contributed by atoms with Crippen molar-refractivity contribution in [1.82, 2.24) is 0 Å². The van der Waals surface area contributed by atoms with Gasteiger partial charge in [0.25, 0.3) is 0 Å². The summed E-state index contributed by atoms with van der Waals surface area (Å²) in [6.45, 7) is 3.42. The fourth-order valence-electron chi connectivity index (χ4n) is 0.990. The summed E-state index contributed by atoms with van der Waals surface area (Å²) in [5.41, 5.74) is 0.783. The number of carboxylic acid groups (broad SMARTS) is 1. The molecule has 0 aliphatic heterocycles. The topological polar surface area (TPSA) is 50.4 Å². The number of furan rings is 1. The molecule has 0 aliphatic rings. The van der Waals surface area contributed by atoms with Crippen molar-refractivity contribution < 1.29 is 14.3 Å². The number of hydrogen-bond acceptors (Lipinski definition) is 2. The summed E-state index contributed by atoms with van der Waals surface area (Å²) in [6, 6.07) is 12.5. The molecule has 4 heteroatoms. The van der Waals surface area contributed by atoms with Gasteiger partial charge in [0.05, 0.1) is 18.1 Å². The third-order valence-electron chi connectivity index (χ3n) is 1.81. The third kappa shape index (κ3) is 6.12. The van der Waals surface area contributed by atoms with E-state index >= 15 is 0 Å². The molecule has 0 fully saturated rings. The van der Waals surface area contributed by atoms with Gasteiger partial charge in [-0.2, -0.15) is 0 Å². The molecule has 0 amide bonds. The standard InChI is InChI=1S/C9H8O2.C4H4O.Na.H/c1-7(9(10)11)8-5-3-2-4-6-8;1-2-4-5-3-1;;/h2-6H,1H2,(H,10,11);1-4H;;. The molecule has 0 saturated heterocycles. The fourth-order valence-corrected chi connectivity index (χ4v) is 0.990. The van der Waals surface area contributed by atoms with Crippen LogP contribution in [0.3, 0.4) is 0 Å². The van der Waals surface area contributed by atoms with Crippen molar-refractivity contribution >= 4 is 41.1 Å². The maximum Gasteiger partial charge on any atom is 0.0902 e. The van der Waals surface area contributed by atoms with Crippen molar-refractivity contribution in [3.63, 3.8) is 0 Å². The second kappa shape index (κ2) is 8.82. The Hall–Kier alpha value is -1.29. The largest absolute Gasteiger partial charge is 0.473 e. The first-order chi connectivity index (χ1) is 7.72. The van der Waals surface area contributed by atoms with Crippen LogP contribution in [0.5, 0.6) is 0 Å². The molecule has 2 rings (SSSR count). The quantitative estimate of drug-likeness (QED) is 0.647. The van der Waals surface area contributed by atoms with Gasteiger partial charge in [-0.1, -0.05) is 36.9 Å². The first-order valence-corrected chi connectivity index (χ1v) is 4.66. The van der Waals surface area contributed by atoms with E-state index in [0.29, 0.717) is 5.56 Å². The zero-order chi connectivity index (χ0) is 11.8. The number of aliphatic carboxylic acids is 1. The van der Waals surface area contributed by atoms with Crippen LogP contribution >= 0.6 is 0 Å². The molecule has 0 atom stereocenters. The van der Waals surface area contributed by atoms with E-state index in [4.69, 9.17) is 5.11 Å². The van der Waals surface area contributed by atoms with Gasteiger partial charge >= 0.3 is 35.5 Å². The van der Waals surface area contributed by atoms with E-state index in [2.05, 4.69) is 11.0 Å². The summed E-state index contributed by atoms with van der Waals surface area (Å²) in [5, 5.41) is 8.54. The Labute approximate surface area is 122 Å². The predicted octanol–water partition coefficient (Wildman–Crippen LogP) is 2.42. The van der Waals surface area contributed by atoms with Gasteiger partial charge in [0.15, 0.2) is 0 Å². The van der Waals surface area contributed by atoms with Crippen LogP contribution in [0.1, 0.15) is 5.56 Å². The zero-order valence-electron chi connectivity index (χ0n) is 8.67. The van der Waals surface area contributed by atoms with Crippen molar-refractivity contribution in [3.8, 4) is 0 Å². The molecule has 1 aromatic heterocycles. The summed E-state index contributed by atoms with van der Waals surface area (Å²) < 4.78 is 4.58. The Kier molecular flexibility index (Phi) is 8.15. The van der Waals surface area contributed by atoms with Crippen LogP contribution in [-0.4, -0.2) is 40.6 Å². The van der Waals surface area contributed by atoms with Crippen LogP contribution in [-0.2, 0) is 4.79 Å². The molecule has 84 valence electrons. The second-order valence-electron chi connectivity index (χ2n) is 2.94. The molecule has 0 radical (unpaired) electrons. The summed E-state index contributed by atoms with van der Waals surface area (Å²) in [5.74, 6) is -0.976. The minimum Gasteiger partial charge on any atom is -0.473 e. The van der Waals surface area contributed by atoms with Crippen LogP contribution in [0.2, 0.25) is 0 Å². The molecule has 0 spiro atoms. The molecular formula is C13H13NaO3. The van der Waals surface area contributed by atoms with Gasteiger partial charge in [-0.05, 0) is 17.7 Å². The van der Waals surface area contributed by atoms with Crippen molar-refractivity contribution in [2.45, 2.75) is 0 Å². The van der Waals surface area contributed by atoms with Crippen LogP contribution in [0.25, 0.3) is 5.57 Å². The van der Waals surface area contributed by atoms with Crippen LogP contribution in [0.4, 0.5) is 0 Å². The molecule has 0 aliphatic carbocycles. The van der Waals surface area contributed by atoms with E-state index in [9.17, 15) is 4.79 Å². The van der Waals surface area contributed by atoms with E-state index in [1.54, 1.807) is 36.8 Å². The molecular weight excluding hydrogens is 227 g/mol. The molecule has 17 heavy (non-hydrogen) atoms. The fraction of sp³-hybridized carbons (Fsp3) is 0. The number of carboxylic acids is 1. The van der Waals surface area contributed by atoms with E-state index in [1.807, 2.05) is 18.2 Å². The summed E-state index contributed by atoms with van der Waals surface area (Å²) in [6.07, 6.45) is 3.25. The normalized spacial score (nSPS) is 8.24. The summed E-state index contributed by atoms with van der Waals surface area (Å²) in [4.78, 5) is 10.4. The molecule has 0 unspecified atom stereocenters. The summed E-state index contributed by atoms with van der Waals surface area (Å²) in [7, 11) is 0. The molecule has 3 nitrogen and oxygen atoms in total. The van der Waals surface area contributed by atoms with Gasteiger partial charge in [-0.15, -0.1) is 0 Å². The van der Waals surface area contributed by atoms with Crippen LogP contribution in [0.15, 0.2) is 66.0 Å². The van der Waals surface area contributed by atoms with Crippen LogP contribution in [0, 0.1) is 0 Å². The molecule has 0 bridgehead atoms. The molecule has 1 N–H and O–H groups in total. The Morgan fingerprint density at radius 3 is 1.94 bits per heavy atom. The first kappa shape index (κ1) is 15.7. The maximum atomic E-state index is 10.4. The maximum absolute atomic E-state index is 10.4. The van der Waals surface area contributed by atoms with E-state index < -0.39 is 5.97 Å². The molecule has 0 saturated carbocycles. The van der Waals surface area contributed by atoms with Crippen LogP contribution < -0.4 is 0 Å². The second-order valence-corrected chi connectivity index (χ2v) is 2.94. The number of benzene rings is 1. The number of hydrogen-bond donors (Lipinski definition) is 1. The van der Waals surface area contributed by atoms with E-state index in [0.717, 1.165) is 0 Å².